The second-order valence-electron chi connectivity index (χ2n) is 3.70. The van der Waals surface area contributed by atoms with Crippen molar-refractivity contribution in [3.05, 3.63) is 48.2 Å². The fraction of sp³-hybridized carbons (Fsp3) is 0.231. The number of ether oxygens (including phenoxy) is 1. The zero-order valence-corrected chi connectivity index (χ0v) is 9.18. The van der Waals surface area contributed by atoms with Crippen LogP contribution in [0.5, 0.6) is 5.75 Å². The molecule has 1 atom stereocenters. The Bertz CT molecular complexity index is 406. The van der Waals surface area contributed by atoms with E-state index in [1.54, 1.807) is 19.2 Å². The number of hydrogen-bond donors (Lipinski definition) is 2. The number of phenols is 1. The van der Waals surface area contributed by atoms with E-state index in [-0.39, 0.29) is 11.9 Å². The van der Waals surface area contributed by atoms with Crippen LogP contribution in [0.1, 0.15) is 6.42 Å². The fourth-order valence-electron chi connectivity index (χ4n) is 1.58. The molecule has 0 aliphatic heterocycles. The second-order valence-corrected chi connectivity index (χ2v) is 3.70. The Labute approximate surface area is 95.1 Å². The van der Waals surface area contributed by atoms with Gasteiger partial charge in [-0.15, -0.1) is 0 Å². The van der Waals surface area contributed by atoms with Crippen LogP contribution in [0, 0.1) is 0 Å². The van der Waals surface area contributed by atoms with Gasteiger partial charge in [0.1, 0.15) is 5.75 Å². The molecule has 0 aromatic heterocycles. The predicted molar refractivity (Wildman–Crippen MR) is 64.4 cm³/mol. The lowest BCUT2D eigenvalue weighted by Gasteiger charge is -2.15. The van der Waals surface area contributed by atoms with Crippen molar-refractivity contribution in [1.29, 1.82) is 0 Å². The lowest BCUT2D eigenvalue weighted by atomic mass is 10.1. The molecule has 1 aromatic rings. The highest BCUT2D eigenvalue weighted by atomic mass is 16.5. The zero-order valence-electron chi connectivity index (χ0n) is 9.18. The molecule has 1 aliphatic rings. The molecule has 0 spiro atoms. The van der Waals surface area contributed by atoms with Gasteiger partial charge in [0.25, 0.3) is 0 Å². The summed E-state index contributed by atoms with van der Waals surface area (Å²) in [6.07, 6.45) is 7.20. The fourth-order valence-corrected chi connectivity index (χ4v) is 1.58. The van der Waals surface area contributed by atoms with Crippen LogP contribution in [0.4, 0.5) is 5.69 Å². The van der Waals surface area contributed by atoms with Crippen molar-refractivity contribution in [1.82, 2.24) is 0 Å². The van der Waals surface area contributed by atoms with Crippen molar-refractivity contribution in [2.75, 3.05) is 12.4 Å². The van der Waals surface area contributed by atoms with Gasteiger partial charge in [-0.05, 0) is 36.8 Å². The average Bonchev–Trinajstić information content (AvgIpc) is 2.33. The third-order valence-electron chi connectivity index (χ3n) is 2.52. The second kappa shape index (κ2) is 4.86. The highest BCUT2D eigenvalue weighted by molar-refractivity contribution is 5.52. The molecule has 3 heteroatoms. The van der Waals surface area contributed by atoms with Gasteiger partial charge < -0.3 is 15.2 Å². The normalized spacial score (nSPS) is 19.3. The summed E-state index contributed by atoms with van der Waals surface area (Å²) in [7, 11) is 1.71. The molecule has 0 heterocycles. The number of methoxy groups -OCH3 is 1. The van der Waals surface area contributed by atoms with Crippen molar-refractivity contribution in [2.45, 2.75) is 12.5 Å². The number of rotatable bonds is 3. The van der Waals surface area contributed by atoms with Gasteiger partial charge in [0, 0.05) is 18.5 Å². The number of anilines is 1. The van der Waals surface area contributed by atoms with E-state index in [4.69, 9.17) is 9.84 Å². The van der Waals surface area contributed by atoms with E-state index >= 15 is 0 Å². The van der Waals surface area contributed by atoms with Crippen LogP contribution in [-0.2, 0) is 4.74 Å². The van der Waals surface area contributed by atoms with Crippen LogP contribution in [0.2, 0.25) is 0 Å². The molecule has 1 aromatic carbocycles. The first-order chi connectivity index (χ1) is 7.78. The monoisotopic (exact) mass is 217 g/mol. The number of nitrogens with one attached hydrogen (secondary N) is 1. The van der Waals surface area contributed by atoms with E-state index in [1.807, 2.05) is 24.3 Å². The molecule has 3 nitrogen and oxygen atoms in total. The van der Waals surface area contributed by atoms with Gasteiger partial charge >= 0.3 is 0 Å². The van der Waals surface area contributed by atoms with E-state index in [9.17, 15) is 0 Å². The quantitative estimate of drug-likeness (QED) is 0.765. The number of allylic oxidation sites excluding steroid dienone is 1. The number of benzene rings is 1. The lowest BCUT2D eigenvalue weighted by molar-refractivity contribution is 0.142. The Morgan fingerprint density at radius 1 is 1.31 bits per heavy atom. The molecule has 0 amide bonds. The molecule has 1 unspecified atom stereocenters. The maximum Gasteiger partial charge on any atom is 0.115 e. The molecule has 0 saturated carbocycles. The van der Waals surface area contributed by atoms with E-state index in [0.717, 1.165) is 17.8 Å². The SMILES string of the molecule is COC1C=CC(Nc2ccc(O)cc2)=CC1. The topological polar surface area (TPSA) is 41.5 Å². The summed E-state index contributed by atoms with van der Waals surface area (Å²) in [5.41, 5.74) is 2.02. The van der Waals surface area contributed by atoms with E-state index in [0.29, 0.717) is 0 Å². The van der Waals surface area contributed by atoms with Gasteiger partial charge in [0.05, 0.1) is 6.10 Å². The van der Waals surface area contributed by atoms with Gasteiger partial charge in [0.15, 0.2) is 0 Å². The molecule has 0 radical (unpaired) electrons. The van der Waals surface area contributed by atoms with Crippen molar-refractivity contribution >= 4 is 5.69 Å². The van der Waals surface area contributed by atoms with Crippen LogP contribution < -0.4 is 5.32 Å². The number of phenolic OH excluding ortho intramolecular Hbond substituents is 1. The van der Waals surface area contributed by atoms with Crippen LogP contribution in [0.25, 0.3) is 0 Å². The zero-order chi connectivity index (χ0) is 11.4. The average molecular weight is 217 g/mol. The molecule has 0 bridgehead atoms. The van der Waals surface area contributed by atoms with Crippen LogP contribution in [-0.4, -0.2) is 18.3 Å². The molecule has 84 valence electrons. The highest BCUT2D eigenvalue weighted by Crippen LogP contribution is 2.18. The first kappa shape index (κ1) is 10.8. The minimum absolute atomic E-state index is 0.186. The van der Waals surface area contributed by atoms with Gasteiger partial charge in [-0.1, -0.05) is 12.2 Å². The molecule has 2 N–H and O–H groups in total. The van der Waals surface area contributed by atoms with Crippen molar-refractivity contribution in [2.24, 2.45) is 0 Å². The van der Waals surface area contributed by atoms with Crippen molar-refractivity contribution in [3.63, 3.8) is 0 Å². The van der Waals surface area contributed by atoms with Gasteiger partial charge in [-0.3, -0.25) is 0 Å². The van der Waals surface area contributed by atoms with Crippen LogP contribution >= 0.6 is 0 Å². The molecule has 0 saturated heterocycles. The number of hydrogen-bond acceptors (Lipinski definition) is 3. The number of aromatic hydroxyl groups is 1. The third kappa shape index (κ3) is 2.64. The summed E-state index contributed by atoms with van der Waals surface area (Å²) in [5, 5.41) is 12.4. The van der Waals surface area contributed by atoms with E-state index in [2.05, 4.69) is 11.4 Å². The summed E-state index contributed by atoms with van der Waals surface area (Å²) in [5.74, 6) is 0.276. The Morgan fingerprint density at radius 3 is 2.62 bits per heavy atom. The Kier molecular flexibility index (Phi) is 3.27. The van der Waals surface area contributed by atoms with E-state index < -0.39 is 0 Å². The standard InChI is InChI=1S/C13H15NO2/c1-16-13-8-4-11(5-9-13)14-10-2-6-12(15)7-3-10/h2-8,13-15H,9H2,1H3. The highest BCUT2D eigenvalue weighted by Gasteiger charge is 2.06. The first-order valence-electron chi connectivity index (χ1n) is 5.25. The van der Waals surface area contributed by atoms with Crippen molar-refractivity contribution < 1.29 is 9.84 Å². The smallest absolute Gasteiger partial charge is 0.115 e. The maximum absolute atomic E-state index is 9.16. The summed E-state index contributed by atoms with van der Waals surface area (Å²) in [4.78, 5) is 0. The third-order valence-corrected chi connectivity index (χ3v) is 2.52. The Balaban J connectivity index is 1.99. The molecule has 0 fully saturated rings. The lowest BCUT2D eigenvalue weighted by Crippen LogP contribution is -2.11. The van der Waals surface area contributed by atoms with Gasteiger partial charge in [-0.2, -0.15) is 0 Å². The minimum Gasteiger partial charge on any atom is -0.508 e. The van der Waals surface area contributed by atoms with Gasteiger partial charge in [-0.25, -0.2) is 0 Å². The largest absolute Gasteiger partial charge is 0.508 e. The Hall–Kier alpha value is -1.74. The molecular weight excluding hydrogens is 202 g/mol. The summed E-state index contributed by atoms with van der Waals surface area (Å²) < 4.78 is 5.21. The minimum atomic E-state index is 0.186. The summed E-state index contributed by atoms with van der Waals surface area (Å²) >= 11 is 0. The van der Waals surface area contributed by atoms with Gasteiger partial charge in [0.2, 0.25) is 0 Å². The maximum atomic E-state index is 9.16. The summed E-state index contributed by atoms with van der Waals surface area (Å²) in [6, 6.07) is 7.00. The van der Waals surface area contributed by atoms with Crippen LogP contribution in [0.3, 0.4) is 0 Å². The molecular formula is C13H15NO2. The van der Waals surface area contributed by atoms with Crippen molar-refractivity contribution in [3.8, 4) is 5.75 Å². The molecule has 1 aliphatic carbocycles. The first-order valence-corrected chi connectivity index (χ1v) is 5.25. The molecule has 16 heavy (non-hydrogen) atoms. The molecule has 2 rings (SSSR count). The summed E-state index contributed by atoms with van der Waals surface area (Å²) in [6.45, 7) is 0. The van der Waals surface area contributed by atoms with Crippen LogP contribution in [0.15, 0.2) is 48.2 Å². The predicted octanol–water partition coefficient (Wildman–Crippen LogP) is 2.66. The Morgan fingerprint density at radius 2 is 2.06 bits per heavy atom. The van der Waals surface area contributed by atoms with E-state index in [1.165, 1.54) is 0 Å².